The number of nitrogens with one attached hydrogen (secondary N) is 2. The molecule has 0 radical (unpaired) electrons. The topological polar surface area (TPSA) is 41.1 Å². The van der Waals surface area contributed by atoms with Crippen LogP contribution >= 0.6 is 0 Å². The third-order valence-electron chi connectivity index (χ3n) is 4.15. The first kappa shape index (κ1) is 16.9. The van der Waals surface area contributed by atoms with E-state index in [0.29, 0.717) is 0 Å². The molecule has 1 amide bonds. The molecular formula is C22H22N2O. The van der Waals surface area contributed by atoms with Crippen molar-refractivity contribution in [3.63, 3.8) is 0 Å². The number of anilines is 1. The maximum Gasteiger partial charge on any atom is 0.246 e. The molecule has 3 aromatic carbocycles. The summed E-state index contributed by atoms with van der Waals surface area (Å²) in [4.78, 5) is 12.9. The molecule has 3 aromatic rings. The van der Waals surface area contributed by atoms with Crippen LogP contribution in [-0.4, -0.2) is 5.91 Å². The molecule has 0 fully saturated rings. The second-order valence-corrected chi connectivity index (χ2v) is 6.00. The molecule has 0 spiro atoms. The fourth-order valence-electron chi connectivity index (χ4n) is 2.79. The van der Waals surface area contributed by atoms with E-state index in [1.165, 1.54) is 0 Å². The second-order valence-electron chi connectivity index (χ2n) is 6.00. The van der Waals surface area contributed by atoms with Crippen LogP contribution in [0.2, 0.25) is 0 Å². The zero-order valence-electron chi connectivity index (χ0n) is 14.2. The lowest BCUT2D eigenvalue weighted by Gasteiger charge is -2.23. The van der Waals surface area contributed by atoms with Crippen LogP contribution in [0.25, 0.3) is 0 Å². The largest absolute Gasteiger partial charge is 0.324 e. The summed E-state index contributed by atoms with van der Waals surface area (Å²) in [6.07, 6.45) is 0. The van der Waals surface area contributed by atoms with Gasteiger partial charge in [-0.2, -0.15) is 0 Å². The van der Waals surface area contributed by atoms with Crippen LogP contribution in [0, 0.1) is 0 Å². The fourth-order valence-corrected chi connectivity index (χ4v) is 2.79. The molecule has 0 bridgehead atoms. The average molecular weight is 330 g/mol. The van der Waals surface area contributed by atoms with Crippen molar-refractivity contribution < 1.29 is 4.79 Å². The highest BCUT2D eigenvalue weighted by atomic mass is 16.2. The Kier molecular flexibility index (Phi) is 5.60. The van der Waals surface area contributed by atoms with Crippen molar-refractivity contribution in [2.45, 2.75) is 19.0 Å². The third kappa shape index (κ3) is 4.55. The summed E-state index contributed by atoms with van der Waals surface area (Å²) < 4.78 is 0. The van der Waals surface area contributed by atoms with Gasteiger partial charge in [0.25, 0.3) is 0 Å². The van der Waals surface area contributed by atoms with Gasteiger partial charge in [0, 0.05) is 11.7 Å². The van der Waals surface area contributed by atoms with Crippen molar-refractivity contribution in [3.8, 4) is 0 Å². The highest BCUT2D eigenvalue weighted by Crippen LogP contribution is 2.21. The molecule has 0 heterocycles. The molecule has 1 unspecified atom stereocenters. The molecule has 0 aliphatic rings. The lowest BCUT2D eigenvalue weighted by atomic mass is 10.0. The molecular weight excluding hydrogens is 308 g/mol. The van der Waals surface area contributed by atoms with Crippen LogP contribution in [0.4, 0.5) is 5.69 Å². The van der Waals surface area contributed by atoms with Gasteiger partial charge in [-0.05, 0) is 30.2 Å². The molecule has 0 saturated heterocycles. The Morgan fingerprint density at radius 3 is 1.76 bits per heavy atom. The number of hydrogen-bond donors (Lipinski definition) is 2. The van der Waals surface area contributed by atoms with Crippen LogP contribution in [0.1, 0.15) is 30.1 Å². The molecule has 0 aromatic heterocycles. The molecule has 3 rings (SSSR count). The van der Waals surface area contributed by atoms with Gasteiger partial charge in [0.2, 0.25) is 5.91 Å². The minimum Gasteiger partial charge on any atom is -0.324 e. The Labute approximate surface area is 148 Å². The van der Waals surface area contributed by atoms with Crippen molar-refractivity contribution in [3.05, 3.63) is 102 Å². The molecule has 0 saturated carbocycles. The maximum atomic E-state index is 12.9. The third-order valence-corrected chi connectivity index (χ3v) is 4.15. The second kappa shape index (κ2) is 8.27. The number of carbonyl (C=O) groups is 1. The molecule has 0 aliphatic heterocycles. The van der Waals surface area contributed by atoms with E-state index in [2.05, 4.69) is 29.7 Å². The lowest BCUT2D eigenvalue weighted by molar-refractivity contribution is -0.118. The first-order valence-electron chi connectivity index (χ1n) is 8.46. The van der Waals surface area contributed by atoms with Crippen molar-refractivity contribution in [2.75, 3.05) is 5.32 Å². The van der Waals surface area contributed by atoms with Crippen molar-refractivity contribution >= 4 is 11.6 Å². The van der Waals surface area contributed by atoms with Crippen LogP contribution in [-0.2, 0) is 4.79 Å². The first-order chi connectivity index (χ1) is 12.2. The van der Waals surface area contributed by atoms with Gasteiger partial charge in [0.05, 0.1) is 0 Å². The van der Waals surface area contributed by atoms with Crippen LogP contribution in [0.3, 0.4) is 0 Å². The zero-order valence-corrected chi connectivity index (χ0v) is 14.2. The van der Waals surface area contributed by atoms with Gasteiger partial charge in [-0.15, -0.1) is 0 Å². The van der Waals surface area contributed by atoms with Crippen LogP contribution in [0.5, 0.6) is 0 Å². The number of benzene rings is 3. The van der Waals surface area contributed by atoms with E-state index in [0.717, 1.165) is 16.8 Å². The molecule has 126 valence electrons. The van der Waals surface area contributed by atoms with E-state index in [-0.39, 0.29) is 11.9 Å². The summed E-state index contributed by atoms with van der Waals surface area (Å²) in [7, 11) is 0. The maximum absolute atomic E-state index is 12.9. The van der Waals surface area contributed by atoms with Crippen LogP contribution in [0.15, 0.2) is 91.0 Å². The summed E-state index contributed by atoms with van der Waals surface area (Å²) in [5.41, 5.74) is 2.89. The van der Waals surface area contributed by atoms with Crippen molar-refractivity contribution in [1.82, 2.24) is 5.32 Å². The van der Waals surface area contributed by atoms with E-state index in [1.54, 1.807) is 0 Å². The van der Waals surface area contributed by atoms with Crippen molar-refractivity contribution in [1.29, 1.82) is 0 Å². The Morgan fingerprint density at radius 2 is 1.20 bits per heavy atom. The molecule has 2 atom stereocenters. The summed E-state index contributed by atoms with van der Waals surface area (Å²) in [5.74, 6) is -0.0693. The van der Waals surface area contributed by atoms with Gasteiger partial charge < -0.3 is 5.32 Å². The predicted octanol–water partition coefficient (Wildman–Crippen LogP) is 4.72. The highest BCUT2D eigenvalue weighted by molar-refractivity contribution is 5.95. The zero-order chi connectivity index (χ0) is 17.5. The number of rotatable bonds is 6. The SMILES string of the molecule is C[C@@H](NC(C(=O)Nc1ccccc1)c1ccccc1)c1ccccc1. The van der Waals surface area contributed by atoms with Gasteiger partial charge in [-0.3, -0.25) is 10.1 Å². The molecule has 2 N–H and O–H groups in total. The Bertz CT molecular complexity index is 788. The molecule has 0 aliphatic carbocycles. The number of hydrogen-bond acceptors (Lipinski definition) is 2. The Hall–Kier alpha value is -2.91. The lowest BCUT2D eigenvalue weighted by Crippen LogP contribution is -2.34. The molecule has 3 heteroatoms. The van der Waals surface area contributed by atoms with E-state index < -0.39 is 6.04 Å². The van der Waals surface area contributed by atoms with Crippen molar-refractivity contribution in [2.24, 2.45) is 0 Å². The highest BCUT2D eigenvalue weighted by Gasteiger charge is 2.22. The van der Waals surface area contributed by atoms with Crippen LogP contribution < -0.4 is 10.6 Å². The minimum atomic E-state index is -0.434. The van der Waals surface area contributed by atoms with Gasteiger partial charge >= 0.3 is 0 Å². The summed E-state index contributed by atoms with van der Waals surface area (Å²) in [6, 6.07) is 29.1. The molecule has 25 heavy (non-hydrogen) atoms. The number of para-hydroxylation sites is 1. The Balaban J connectivity index is 1.81. The van der Waals surface area contributed by atoms with E-state index in [1.807, 2.05) is 78.9 Å². The predicted molar refractivity (Wildman–Crippen MR) is 102 cm³/mol. The monoisotopic (exact) mass is 330 g/mol. The average Bonchev–Trinajstić information content (AvgIpc) is 2.68. The standard InChI is InChI=1S/C22H22N2O/c1-17(18-11-5-2-6-12-18)23-21(19-13-7-3-8-14-19)22(25)24-20-15-9-4-10-16-20/h2-17,21,23H,1H3,(H,24,25)/t17-,21?/m1/s1. The van der Waals surface area contributed by atoms with E-state index in [9.17, 15) is 4.79 Å². The molecule has 3 nitrogen and oxygen atoms in total. The first-order valence-corrected chi connectivity index (χ1v) is 8.46. The van der Waals surface area contributed by atoms with E-state index in [4.69, 9.17) is 0 Å². The fraction of sp³-hybridized carbons (Fsp3) is 0.136. The van der Waals surface area contributed by atoms with E-state index >= 15 is 0 Å². The summed E-state index contributed by atoms with van der Waals surface area (Å²) in [6.45, 7) is 2.07. The quantitative estimate of drug-likeness (QED) is 0.687. The number of amides is 1. The van der Waals surface area contributed by atoms with Gasteiger partial charge in [0.1, 0.15) is 6.04 Å². The number of carbonyl (C=O) groups excluding carboxylic acids is 1. The minimum absolute atomic E-state index is 0.0490. The normalized spacial score (nSPS) is 13.0. The Morgan fingerprint density at radius 1 is 0.720 bits per heavy atom. The van der Waals surface area contributed by atoms with Gasteiger partial charge in [0.15, 0.2) is 0 Å². The van der Waals surface area contributed by atoms with Gasteiger partial charge in [-0.25, -0.2) is 0 Å². The van der Waals surface area contributed by atoms with Gasteiger partial charge in [-0.1, -0.05) is 78.9 Å². The summed E-state index contributed by atoms with van der Waals surface area (Å²) >= 11 is 0. The smallest absolute Gasteiger partial charge is 0.246 e. The summed E-state index contributed by atoms with van der Waals surface area (Å²) in [5, 5.41) is 6.45.